The molecule has 116 valence electrons. The van der Waals surface area contributed by atoms with Gasteiger partial charge in [0.05, 0.1) is 11.4 Å². The SMILES string of the molecule is Cc1ccc(-c2ccccc2)cc1Nc1ccccc1N(C)C. The molecular weight excluding hydrogens is 280 g/mol. The Morgan fingerprint density at radius 3 is 2.13 bits per heavy atom. The van der Waals surface area contributed by atoms with Gasteiger partial charge in [-0.2, -0.15) is 0 Å². The molecule has 0 aliphatic rings. The predicted octanol–water partition coefficient (Wildman–Crippen LogP) is 5.47. The highest BCUT2D eigenvalue weighted by molar-refractivity contribution is 5.78. The van der Waals surface area contributed by atoms with Crippen molar-refractivity contribution in [3.8, 4) is 11.1 Å². The molecule has 0 fully saturated rings. The second kappa shape index (κ2) is 6.57. The second-order valence-corrected chi connectivity index (χ2v) is 5.93. The van der Waals surface area contributed by atoms with Gasteiger partial charge in [-0.05, 0) is 41.8 Å². The van der Waals surface area contributed by atoms with Crippen molar-refractivity contribution in [1.82, 2.24) is 0 Å². The molecule has 0 aromatic heterocycles. The summed E-state index contributed by atoms with van der Waals surface area (Å²) in [6.07, 6.45) is 0. The van der Waals surface area contributed by atoms with Gasteiger partial charge in [-0.25, -0.2) is 0 Å². The van der Waals surface area contributed by atoms with Gasteiger partial charge in [0.25, 0.3) is 0 Å². The first-order valence-corrected chi connectivity index (χ1v) is 7.84. The third-order valence-electron chi connectivity index (χ3n) is 4.00. The van der Waals surface area contributed by atoms with Gasteiger partial charge < -0.3 is 10.2 Å². The molecule has 23 heavy (non-hydrogen) atoms. The smallest absolute Gasteiger partial charge is 0.0621 e. The molecule has 1 N–H and O–H groups in total. The number of nitrogens with one attached hydrogen (secondary N) is 1. The number of hydrogen-bond donors (Lipinski definition) is 1. The van der Waals surface area contributed by atoms with Gasteiger partial charge in [0.1, 0.15) is 0 Å². The van der Waals surface area contributed by atoms with Gasteiger partial charge in [-0.1, -0.05) is 54.6 Å². The highest BCUT2D eigenvalue weighted by Crippen LogP contribution is 2.31. The van der Waals surface area contributed by atoms with Crippen molar-refractivity contribution in [3.63, 3.8) is 0 Å². The number of hydrogen-bond acceptors (Lipinski definition) is 2. The van der Waals surface area contributed by atoms with E-state index in [0.29, 0.717) is 0 Å². The van der Waals surface area contributed by atoms with Crippen LogP contribution in [-0.2, 0) is 0 Å². The van der Waals surface area contributed by atoms with Crippen LogP contribution in [0, 0.1) is 6.92 Å². The normalized spacial score (nSPS) is 10.4. The number of anilines is 3. The number of benzene rings is 3. The molecule has 0 atom stereocenters. The standard InChI is InChI=1S/C21H22N2/c1-16-13-14-18(17-9-5-4-6-10-17)15-20(16)22-19-11-7-8-12-21(19)23(2)3/h4-15,22H,1-3H3. The first-order valence-electron chi connectivity index (χ1n) is 7.84. The summed E-state index contributed by atoms with van der Waals surface area (Å²) in [7, 11) is 4.13. The van der Waals surface area contributed by atoms with Crippen LogP contribution in [0.4, 0.5) is 17.1 Å². The van der Waals surface area contributed by atoms with Gasteiger partial charge in [0.2, 0.25) is 0 Å². The largest absolute Gasteiger partial charge is 0.376 e. The van der Waals surface area contributed by atoms with Gasteiger partial charge in [-0.3, -0.25) is 0 Å². The minimum Gasteiger partial charge on any atom is -0.376 e. The molecule has 0 saturated carbocycles. The molecule has 0 unspecified atom stereocenters. The Labute approximate surface area is 138 Å². The topological polar surface area (TPSA) is 15.3 Å². The van der Waals surface area contributed by atoms with E-state index in [0.717, 1.165) is 11.4 Å². The van der Waals surface area contributed by atoms with E-state index in [1.165, 1.54) is 22.4 Å². The summed E-state index contributed by atoms with van der Waals surface area (Å²) >= 11 is 0. The fraction of sp³-hybridized carbons (Fsp3) is 0.143. The maximum atomic E-state index is 3.59. The average Bonchev–Trinajstić information content (AvgIpc) is 2.58. The molecule has 0 saturated heterocycles. The molecule has 0 bridgehead atoms. The third-order valence-corrected chi connectivity index (χ3v) is 4.00. The van der Waals surface area contributed by atoms with Crippen LogP contribution >= 0.6 is 0 Å². The first-order chi connectivity index (χ1) is 11.1. The summed E-state index contributed by atoms with van der Waals surface area (Å²) < 4.78 is 0. The zero-order valence-electron chi connectivity index (χ0n) is 13.9. The van der Waals surface area contributed by atoms with Crippen LogP contribution in [0.15, 0.2) is 72.8 Å². The molecule has 0 spiro atoms. The van der Waals surface area contributed by atoms with E-state index in [2.05, 4.69) is 98.0 Å². The van der Waals surface area contributed by atoms with Gasteiger partial charge in [-0.15, -0.1) is 0 Å². The Balaban J connectivity index is 1.98. The zero-order chi connectivity index (χ0) is 16.2. The van der Waals surface area contributed by atoms with E-state index >= 15 is 0 Å². The van der Waals surface area contributed by atoms with Crippen LogP contribution in [0.2, 0.25) is 0 Å². The summed E-state index contributed by atoms with van der Waals surface area (Å²) in [5, 5.41) is 3.59. The molecule has 3 aromatic rings. The van der Waals surface area contributed by atoms with E-state index in [1.807, 2.05) is 6.07 Å². The molecule has 0 aliphatic heterocycles. The summed E-state index contributed by atoms with van der Waals surface area (Å²) in [4.78, 5) is 2.12. The quantitative estimate of drug-likeness (QED) is 0.687. The number of nitrogens with zero attached hydrogens (tertiary/aromatic N) is 1. The summed E-state index contributed by atoms with van der Waals surface area (Å²) in [6, 6.07) is 25.4. The van der Waals surface area contributed by atoms with Crippen LogP contribution in [-0.4, -0.2) is 14.1 Å². The molecule has 3 rings (SSSR count). The van der Waals surface area contributed by atoms with Crippen LogP contribution in [0.5, 0.6) is 0 Å². The predicted molar refractivity (Wildman–Crippen MR) is 101 cm³/mol. The summed E-state index contributed by atoms with van der Waals surface area (Å²) in [6.45, 7) is 2.13. The molecule has 3 aromatic carbocycles. The maximum Gasteiger partial charge on any atom is 0.0621 e. The average molecular weight is 302 g/mol. The second-order valence-electron chi connectivity index (χ2n) is 5.93. The Morgan fingerprint density at radius 2 is 1.39 bits per heavy atom. The fourth-order valence-electron chi connectivity index (χ4n) is 2.68. The maximum absolute atomic E-state index is 3.59. The molecule has 0 radical (unpaired) electrons. The van der Waals surface area contributed by atoms with Crippen LogP contribution < -0.4 is 10.2 Å². The molecule has 0 heterocycles. The van der Waals surface area contributed by atoms with Crippen molar-refractivity contribution in [3.05, 3.63) is 78.4 Å². The van der Waals surface area contributed by atoms with Crippen molar-refractivity contribution < 1.29 is 0 Å². The Kier molecular flexibility index (Phi) is 4.33. The van der Waals surface area contributed by atoms with E-state index in [9.17, 15) is 0 Å². The van der Waals surface area contributed by atoms with Crippen molar-refractivity contribution in [2.45, 2.75) is 6.92 Å². The van der Waals surface area contributed by atoms with E-state index in [1.54, 1.807) is 0 Å². The molecule has 0 aliphatic carbocycles. The minimum atomic E-state index is 1.12. The molecule has 2 heteroatoms. The number of rotatable bonds is 4. The number of aryl methyl sites for hydroxylation is 1. The van der Waals surface area contributed by atoms with Crippen molar-refractivity contribution in [2.75, 3.05) is 24.3 Å². The minimum absolute atomic E-state index is 1.12. The van der Waals surface area contributed by atoms with Crippen molar-refractivity contribution in [1.29, 1.82) is 0 Å². The highest BCUT2D eigenvalue weighted by atomic mass is 15.1. The Hall–Kier alpha value is -2.74. The Morgan fingerprint density at radius 1 is 0.696 bits per heavy atom. The number of para-hydroxylation sites is 2. The lowest BCUT2D eigenvalue weighted by molar-refractivity contribution is 1.13. The lowest BCUT2D eigenvalue weighted by Gasteiger charge is -2.19. The van der Waals surface area contributed by atoms with Gasteiger partial charge >= 0.3 is 0 Å². The lowest BCUT2D eigenvalue weighted by atomic mass is 10.0. The van der Waals surface area contributed by atoms with E-state index < -0.39 is 0 Å². The van der Waals surface area contributed by atoms with Crippen molar-refractivity contribution in [2.24, 2.45) is 0 Å². The molecular formula is C21H22N2. The Bertz CT molecular complexity index is 792. The highest BCUT2D eigenvalue weighted by Gasteiger charge is 2.07. The van der Waals surface area contributed by atoms with Crippen LogP contribution in [0.3, 0.4) is 0 Å². The van der Waals surface area contributed by atoms with Gasteiger partial charge in [0, 0.05) is 19.8 Å². The lowest BCUT2D eigenvalue weighted by Crippen LogP contribution is -2.10. The van der Waals surface area contributed by atoms with E-state index in [4.69, 9.17) is 0 Å². The monoisotopic (exact) mass is 302 g/mol. The van der Waals surface area contributed by atoms with Crippen molar-refractivity contribution >= 4 is 17.1 Å². The zero-order valence-corrected chi connectivity index (χ0v) is 13.9. The van der Waals surface area contributed by atoms with Crippen LogP contribution in [0.25, 0.3) is 11.1 Å². The van der Waals surface area contributed by atoms with E-state index in [-0.39, 0.29) is 0 Å². The summed E-state index contributed by atoms with van der Waals surface area (Å²) in [5.74, 6) is 0. The third kappa shape index (κ3) is 3.37. The summed E-state index contributed by atoms with van der Waals surface area (Å²) in [5.41, 5.74) is 7.12. The van der Waals surface area contributed by atoms with Gasteiger partial charge in [0.15, 0.2) is 0 Å². The first kappa shape index (κ1) is 15.2. The molecule has 2 nitrogen and oxygen atoms in total. The fourth-order valence-corrected chi connectivity index (χ4v) is 2.68. The molecule has 0 amide bonds. The van der Waals surface area contributed by atoms with Crippen LogP contribution in [0.1, 0.15) is 5.56 Å².